The van der Waals surface area contributed by atoms with Gasteiger partial charge in [-0.3, -0.25) is 4.90 Å². The maximum Gasteiger partial charge on any atom is 0.220 e. The fourth-order valence-electron chi connectivity index (χ4n) is 4.41. The maximum absolute atomic E-state index is 11.6. The van der Waals surface area contributed by atoms with E-state index >= 15 is 0 Å². The Balaban J connectivity index is 1.53. The normalized spacial score (nSPS) is 23.3. The van der Waals surface area contributed by atoms with Gasteiger partial charge < -0.3 is 5.73 Å². The molecule has 1 unspecified atom stereocenters. The summed E-state index contributed by atoms with van der Waals surface area (Å²) in [5, 5.41) is 0. The molecule has 7 heteroatoms. The number of nitrogens with zero attached hydrogens (tertiary/aromatic N) is 3. The second kappa shape index (κ2) is 6.32. The molecule has 1 aliphatic heterocycles. The molecule has 26 heavy (non-hydrogen) atoms. The van der Waals surface area contributed by atoms with Crippen LogP contribution in [0.15, 0.2) is 35.4 Å². The van der Waals surface area contributed by atoms with Gasteiger partial charge in [-0.25, -0.2) is 18.4 Å². The third-order valence-corrected chi connectivity index (χ3v) is 6.80. The Morgan fingerprint density at radius 3 is 2.73 bits per heavy atom. The zero-order chi connectivity index (χ0) is 18.4. The fourth-order valence-corrected chi connectivity index (χ4v) is 5.05. The summed E-state index contributed by atoms with van der Waals surface area (Å²) in [7, 11) is -3.15. The standard InChI is InChI=1S/C19H24N4O2S/c1-26(24,25)16-5-3-14(4-6-16)12-23-10-2-8-19(13-23)9-7-15-11-21-18(20)22-17(15)19/h3-6,11H,2,7-10,12-13H2,1H3,(H2,20,21,22). The van der Waals surface area contributed by atoms with Gasteiger partial charge in [0.1, 0.15) is 0 Å². The van der Waals surface area contributed by atoms with Crippen molar-refractivity contribution in [3.05, 3.63) is 47.3 Å². The monoisotopic (exact) mass is 372 g/mol. The maximum atomic E-state index is 11.6. The second-order valence-corrected chi connectivity index (χ2v) is 9.63. The van der Waals surface area contributed by atoms with Crippen molar-refractivity contribution in [3.63, 3.8) is 0 Å². The highest BCUT2D eigenvalue weighted by Gasteiger charge is 2.43. The summed E-state index contributed by atoms with van der Waals surface area (Å²) in [4.78, 5) is 11.6. The highest BCUT2D eigenvalue weighted by atomic mass is 32.2. The molecular formula is C19H24N4O2S. The van der Waals surface area contributed by atoms with E-state index in [-0.39, 0.29) is 5.41 Å². The molecule has 0 bridgehead atoms. The smallest absolute Gasteiger partial charge is 0.220 e. The Bertz CT molecular complexity index is 923. The first kappa shape index (κ1) is 17.4. The van der Waals surface area contributed by atoms with Gasteiger partial charge in [0.15, 0.2) is 9.84 Å². The number of rotatable bonds is 3. The van der Waals surface area contributed by atoms with E-state index in [1.807, 2.05) is 18.3 Å². The van der Waals surface area contributed by atoms with E-state index in [0.717, 1.165) is 56.6 Å². The zero-order valence-electron chi connectivity index (χ0n) is 15.0. The van der Waals surface area contributed by atoms with Crippen LogP contribution in [0.3, 0.4) is 0 Å². The Morgan fingerprint density at radius 2 is 2.00 bits per heavy atom. The van der Waals surface area contributed by atoms with Crippen molar-refractivity contribution < 1.29 is 8.42 Å². The number of aryl methyl sites for hydroxylation is 1. The highest BCUT2D eigenvalue weighted by Crippen LogP contribution is 2.44. The Morgan fingerprint density at radius 1 is 1.23 bits per heavy atom. The van der Waals surface area contributed by atoms with E-state index in [4.69, 9.17) is 5.73 Å². The number of aromatic nitrogens is 2. The molecule has 6 nitrogen and oxygen atoms in total. The lowest BCUT2D eigenvalue weighted by molar-refractivity contribution is 0.137. The number of sulfone groups is 1. The molecule has 2 aliphatic rings. The van der Waals surface area contributed by atoms with Crippen LogP contribution in [0.4, 0.5) is 5.95 Å². The lowest BCUT2D eigenvalue weighted by Gasteiger charge is -2.40. The first-order valence-corrected chi connectivity index (χ1v) is 10.9. The Hall–Kier alpha value is -1.99. The average Bonchev–Trinajstić information content (AvgIpc) is 2.92. The number of likely N-dealkylation sites (tertiary alicyclic amines) is 1. The first-order chi connectivity index (χ1) is 12.4. The first-order valence-electron chi connectivity index (χ1n) is 8.99. The Labute approximate surface area is 154 Å². The molecule has 1 saturated heterocycles. The lowest BCUT2D eigenvalue weighted by Crippen LogP contribution is -2.45. The number of fused-ring (bicyclic) bond motifs is 2. The number of anilines is 1. The molecule has 2 N–H and O–H groups in total. The van der Waals surface area contributed by atoms with E-state index < -0.39 is 9.84 Å². The molecule has 138 valence electrons. The fraction of sp³-hybridized carbons (Fsp3) is 0.474. The third kappa shape index (κ3) is 3.21. The molecule has 2 aromatic rings. The highest BCUT2D eigenvalue weighted by molar-refractivity contribution is 7.90. The van der Waals surface area contributed by atoms with Crippen LogP contribution in [0.1, 0.15) is 36.1 Å². The molecule has 1 aromatic carbocycles. The summed E-state index contributed by atoms with van der Waals surface area (Å²) in [5.74, 6) is 0.360. The average molecular weight is 372 g/mol. The molecule has 2 heterocycles. The van der Waals surface area contributed by atoms with Crippen molar-refractivity contribution in [2.45, 2.75) is 42.5 Å². The van der Waals surface area contributed by atoms with Gasteiger partial charge >= 0.3 is 0 Å². The molecule has 4 rings (SSSR count). The summed E-state index contributed by atoms with van der Waals surface area (Å²) < 4.78 is 23.2. The summed E-state index contributed by atoms with van der Waals surface area (Å²) in [6.07, 6.45) is 7.51. The number of hydrogen-bond donors (Lipinski definition) is 1. The van der Waals surface area contributed by atoms with E-state index in [1.165, 1.54) is 11.8 Å². The SMILES string of the molecule is CS(=O)(=O)c1ccc(CN2CCCC3(CCc4cnc(N)nc43)C2)cc1. The summed E-state index contributed by atoms with van der Waals surface area (Å²) in [6.45, 7) is 2.83. The number of hydrogen-bond acceptors (Lipinski definition) is 6. The van der Waals surface area contributed by atoms with Crippen molar-refractivity contribution in [1.82, 2.24) is 14.9 Å². The van der Waals surface area contributed by atoms with Gasteiger partial charge in [-0.1, -0.05) is 12.1 Å². The Kier molecular flexibility index (Phi) is 4.23. The van der Waals surface area contributed by atoms with Gasteiger partial charge in [0, 0.05) is 31.0 Å². The molecular weight excluding hydrogens is 348 g/mol. The zero-order valence-corrected chi connectivity index (χ0v) is 15.8. The molecule has 0 radical (unpaired) electrons. The van der Waals surface area contributed by atoms with Crippen molar-refractivity contribution in [1.29, 1.82) is 0 Å². The summed E-state index contributed by atoms with van der Waals surface area (Å²) in [5.41, 5.74) is 9.43. The van der Waals surface area contributed by atoms with Gasteiger partial charge in [0.2, 0.25) is 5.95 Å². The molecule has 0 amide bonds. The van der Waals surface area contributed by atoms with Crippen molar-refractivity contribution >= 4 is 15.8 Å². The van der Waals surface area contributed by atoms with E-state index in [2.05, 4.69) is 14.9 Å². The van der Waals surface area contributed by atoms with E-state index in [1.54, 1.807) is 12.1 Å². The predicted octanol–water partition coefficient (Wildman–Crippen LogP) is 1.94. The minimum atomic E-state index is -3.15. The van der Waals surface area contributed by atoms with Crippen molar-refractivity contribution in [3.8, 4) is 0 Å². The second-order valence-electron chi connectivity index (χ2n) is 7.61. The molecule has 1 aromatic heterocycles. The molecule has 1 spiro atoms. The van der Waals surface area contributed by atoms with Gasteiger partial charge in [-0.05, 0) is 55.5 Å². The van der Waals surface area contributed by atoms with Crippen molar-refractivity contribution in [2.75, 3.05) is 25.1 Å². The molecule has 1 atom stereocenters. The van der Waals surface area contributed by atoms with Crippen molar-refractivity contribution in [2.24, 2.45) is 0 Å². The largest absolute Gasteiger partial charge is 0.368 e. The van der Waals surface area contributed by atoms with Gasteiger partial charge in [0.25, 0.3) is 0 Å². The van der Waals surface area contributed by atoms with Crippen LogP contribution in [0.2, 0.25) is 0 Å². The summed E-state index contributed by atoms with van der Waals surface area (Å²) in [6, 6.07) is 7.23. The minimum absolute atomic E-state index is 0.0807. The number of benzene rings is 1. The van der Waals surface area contributed by atoms with Gasteiger partial charge in [-0.15, -0.1) is 0 Å². The van der Waals surface area contributed by atoms with Crippen LogP contribution >= 0.6 is 0 Å². The van der Waals surface area contributed by atoms with E-state index in [0.29, 0.717) is 10.8 Å². The minimum Gasteiger partial charge on any atom is -0.368 e. The summed E-state index contributed by atoms with van der Waals surface area (Å²) >= 11 is 0. The van der Waals surface area contributed by atoms with E-state index in [9.17, 15) is 8.42 Å². The van der Waals surface area contributed by atoms with Crippen LogP contribution in [-0.4, -0.2) is 42.6 Å². The molecule has 1 fully saturated rings. The van der Waals surface area contributed by atoms with Gasteiger partial charge in [-0.2, -0.15) is 0 Å². The van der Waals surface area contributed by atoms with Crippen LogP contribution in [0.5, 0.6) is 0 Å². The third-order valence-electron chi connectivity index (χ3n) is 5.67. The van der Waals surface area contributed by atoms with Crippen LogP contribution in [0.25, 0.3) is 0 Å². The van der Waals surface area contributed by atoms with Crippen LogP contribution in [0, 0.1) is 0 Å². The topological polar surface area (TPSA) is 89.2 Å². The lowest BCUT2D eigenvalue weighted by atomic mass is 9.77. The number of nitrogen functional groups attached to an aromatic ring is 1. The van der Waals surface area contributed by atoms with Crippen LogP contribution in [-0.2, 0) is 28.2 Å². The predicted molar refractivity (Wildman–Crippen MR) is 101 cm³/mol. The number of piperidine rings is 1. The molecule has 0 saturated carbocycles. The van der Waals surface area contributed by atoms with Crippen LogP contribution < -0.4 is 5.73 Å². The molecule has 1 aliphatic carbocycles. The van der Waals surface area contributed by atoms with Gasteiger partial charge in [0.05, 0.1) is 10.6 Å². The quantitative estimate of drug-likeness (QED) is 0.886. The number of nitrogens with two attached hydrogens (primary N) is 1.